The van der Waals surface area contributed by atoms with Crippen molar-refractivity contribution in [3.63, 3.8) is 0 Å². The summed E-state index contributed by atoms with van der Waals surface area (Å²) in [5.74, 6) is -2.07. The number of hydrogen-bond donors (Lipinski definition) is 1. The van der Waals surface area contributed by atoms with E-state index in [1.165, 1.54) is 6.42 Å². The van der Waals surface area contributed by atoms with Crippen LogP contribution in [0, 0.1) is 5.92 Å². The summed E-state index contributed by atoms with van der Waals surface area (Å²) in [6.45, 7) is 1.91. The van der Waals surface area contributed by atoms with E-state index in [0.717, 1.165) is 31.2 Å². The van der Waals surface area contributed by atoms with E-state index in [1.807, 2.05) is 37.3 Å². The van der Waals surface area contributed by atoms with Crippen LogP contribution in [-0.4, -0.2) is 17.9 Å². The van der Waals surface area contributed by atoms with E-state index in [0.29, 0.717) is 0 Å². The van der Waals surface area contributed by atoms with Gasteiger partial charge in [0.15, 0.2) is 0 Å². The Morgan fingerprint density at radius 3 is 2.41 bits per heavy atom. The molecule has 2 rings (SSSR count). The predicted octanol–water partition coefficient (Wildman–Crippen LogP) is 2.00. The summed E-state index contributed by atoms with van der Waals surface area (Å²) >= 11 is 0. The Bertz CT molecular complexity index is 494. The Kier molecular flexibility index (Phi) is 5.99. The van der Waals surface area contributed by atoms with Gasteiger partial charge in [-0.25, -0.2) is 0 Å². The van der Waals surface area contributed by atoms with E-state index < -0.39 is 11.9 Å². The van der Waals surface area contributed by atoms with E-state index in [-0.39, 0.29) is 24.3 Å². The molecule has 0 heterocycles. The fourth-order valence-electron chi connectivity index (χ4n) is 3.22. The molecular weight excluding hydrogens is 278 g/mol. The SMILES string of the molecule is CC(c1ccccc1)C(CC(=O)[O-])C(=O)NC1CCCCC1. The second-order valence-corrected chi connectivity index (χ2v) is 6.23. The molecule has 1 aliphatic carbocycles. The van der Waals surface area contributed by atoms with Crippen molar-refractivity contribution in [3.05, 3.63) is 35.9 Å². The highest BCUT2D eigenvalue weighted by molar-refractivity contribution is 5.83. The molecule has 1 fully saturated rings. The number of carboxylic acids is 1. The number of hydrogen-bond acceptors (Lipinski definition) is 3. The van der Waals surface area contributed by atoms with Crippen LogP contribution in [0.3, 0.4) is 0 Å². The van der Waals surface area contributed by atoms with Crippen LogP contribution in [0.25, 0.3) is 0 Å². The second-order valence-electron chi connectivity index (χ2n) is 6.23. The summed E-state index contributed by atoms with van der Waals surface area (Å²) in [6.07, 6.45) is 5.21. The standard InChI is InChI=1S/C18H25NO3/c1-13(14-8-4-2-5-9-14)16(12-17(20)21)18(22)19-15-10-6-3-7-11-15/h2,4-5,8-9,13,15-16H,3,6-7,10-12H2,1H3,(H,19,22)(H,20,21)/p-1. The number of amides is 1. The molecule has 2 unspecified atom stereocenters. The van der Waals surface area contributed by atoms with Crippen LogP contribution in [0.4, 0.5) is 0 Å². The molecule has 120 valence electrons. The van der Waals surface area contributed by atoms with Crippen molar-refractivity contribution in [1.29, 1.82) is 0 Å². The van der Waals surface area contributed by atoms with E-state index in [4.69, 9.17) is 0 Å². The maximum Gasteiger partial charge on any atom is 0.224 e. The number of carbonyl (C=O) groups excluding carboxylic acids is 2. The summed E-state index contributed by atoms with van der Waals surface area (Å²) in [4.78, 5) is 23.6. The van der Waals surface area contributed by atoms with Crippen molar-refractivity contribution in [2.24, 2.45) is 5.92 Å². The molecule has 0 spiro atoms. The summed E-state index contributed by atoms with van der Waals surface area (Å²) in [5.41, 5.74) is 0.979. The lowest BCUT2D eigenvalue weighted by atomic mass is 9.84. The summed E-state index contributed by atoms with van der Waals surface area (Å²) in [6, 6.07) is 9.77. The Labute approximate surface area is 131 Å². The van der Waals surface area contributed by atoms with Gasteiger partial charge in [-0.15, -0.1) is 0 Å². The van der Waals surface area contributed by atoms with E-state index in [9.17, 15) is 14.7 Å². The quantitative estimate of drug-likeness (QED) is 0.873. The summed E-state index contributed by atoms with van der Waals surface area (Å²) < 4.78 is 0. The third-order valence-corrected chi connectivity index (χ3v) is 4.60. The molecule has 0 bridgehead atoms. The van der Waals surface area contributed by atoms with Gasteiger partial charge in [0.1, 0.15) is 0 Å². The number of rotatable bonds is 6. The molecule has 4 nitrogen and oxygen atoms in total. The lowest BCUT2D eigenvalue weighted by Crippen LogP contribution is -2.43. The normalized spacial score (nSPS) is 18.4. The number of nitrogens with one attached hydrogen (secondary N) is 1. The van der Waals surface area contributed by atoms with Gasteiger partial charge >= 0.3 is 0 Å². The van der Waals surface area contributed by atoms with Gasteiger partial charge in [0, 0.05) is 17.9 Å². The fourth-order valence-corrected chi connectivity index (χ4v) is 3.22. The average Bonchev–Trinajstić information content (AvgIpc) is 2.53. The van der Waals surface area contributed by atoms with Crippen molar-refractivity contribution >= 4 is 11.9 Å². The Morgan fingerprint density at radius 1 is 1.18 bits per heavy atom. The Balaban J connectivity index is 2.07. The monoisotopic (exact) mass is 302 g/mol. The van der Waals surface area contributed by atoms with Gasteiger partial charge in [0.05, 0.1) is 0 Å². The molecule has 1 aromatic rings. The number of carboxylic acid groups (broad SMARTS) is 1. The first-order chi connectivity index (χ1) is 10.6. The van der Waals surface area contributed by atoms with Gasteiger partial charge in [-0.2, -0.15) is 0 Å². The van der Waals surface area contributed by atoms with Crippen LogP contribution in [0.2, 0.25) is 0 Å². The maximum atomic E-state index is 12.6. The Morgan fingerprint density at radius 2 is 1.82 bits per heavy atom. The molecule has 0 radical (unpaired) electrons. The third-order valence-electron chi connectivity index (χ3n) is 4.60. The highest BCUT2D eigenvalue weighted by Gasteiger charge is 2.28. The van der Waals surface area contributed by atoms with Gasteiger partial charge in [-0.1, -0.05) is 56.5 Å². The summed E-state index contributed by atoms with van der Waals surface area (Å²) in [7, 11) is 0. The molecule has 1 aliphatic rings. The molecule has 1 N–H and O–H groups in total. The fraction of sp³-hybridized carbons (Fsp3) is 0.556. The topological polar surface area (TPSA) is 69.2 Å². The lowest BCUT2D eigenvalue weighted by Gasteiger charge is -2.28. The molecule has 2 atom stereocenters. The van der Waals surface area contributed by atoms with Crippen LogP contribution in [0.15, 0.2) is 30.3 Å². The smallest absolute Gasteiger partial charge is 0.224 e. The van der Waals surface area contributed by atoms with Crippen LogP contribution in [0.5, 0.6) is 0 Å². The van der Waals surface area contributed by atoms with E-state index in [2.05, 4.69) is 5.32 Å². The zero-order chi connectivity index (χ0) is 15.9. The molecular formula is C18H24NO3-. The van der Waals surface area contributed by atoms with Crippen LogP contribution >= 0.6 is 0 Å². The van der Waals surface area contributed by atoms with Crippen molar-refractivity contribution in [3.8, 4) is 0 Å². The van der Waals surface area contributed by atoms with Crippen LogP contribution in [-0.2, 0) is 9.59 Å². The number of benzene rings is 1. The van der Waals surface area contributed by atoms with Gasteiger partial charge in [0.2, 0.25) is 5.91 Å². The Hall–Kier alpha value is -1.84. The van der Waals surface area contributed by atoms with Crippen molar-refractivity contribution in [2.45, 2.75) is 57.4 Å². The predicted molar refractivity (Wildman–Crippen MR) is 83.0 cm³/mol. The largest absolute Gasteiger partial charge is 0.550 e. The minimum atomic E-state index is -1.17. The molecule has 0 aliphatic heterocycles. The summed E-state index contributed by atoms with van der Waals surface area (Å²) in [5, 5.41) is 14.1. The van der Waals surface area contributed by atoms with Gasteiger partial charge in [-0.05, 0) is 30.7 Å². The van der Waals surface area contributed by atoms with Crippen molar-refractivity contribution in [1.82, 2.24) is 5.32 Å². The van der Waals surface area contributed by atoms with Crippen LogP contribution in [0.1, 0.15) is 56.9 Å². The minimum absolute atomic E-state index is 0.150. The van der Waals surface area contributed by atoms with Gasteiger partial charge in [-0.3, -0.25) is 4.79 Å². The molecule has 0 aromatic heterocycles. The zero-order valence-electron chi connectivity index (χ0n) is 13.1. The lowest BCUT2D eigenvalue weighted by molar-refractivity contribution is -0.306. The number of aliphatic carboxylic acids is 1. The first-order valence-corrected chi connectivity index (χ1v) is 8.13. The number of carbonyl (C=O) groups is 2. The molecule has 1 aromatic carbocycles. The molecule has 1 saturated carbocycles. The first-order valence-electron chi connectivity index (χ1n) is 8.13. The van der Waals surface area contributed by atoms with Crippen molar-refractivity contribution in [2.75, 3.05) is 0 Å². The average molecular weight is 302 g/mol. The third kappa shape index (κ3) is 4.58. The highest BCUT2D eigenvalue weighted by Crippen LogP contribution is 2.27. The van der Waals surface area contributed by atoms with Crippen LogP contribution < -0.4 is 10.4 Å². The zero-order valence-corrected chi connectivity index (χ0v) is 13.1. The second kappa shape index (κ2) is 7.97. The maximum absolute atomic E-state index is 12.6. The first kappa shape index (κ1) is 16.5. The molecule has 0 saturated heterocycles. The molecule has 4 heteroatoms. The molecule has 1 amide bonds. The van der Waals surface area contributed by atoms with Crippen molar-refractivity contribution < 1.29 is 14.7 Å². The van der Waals surface area contributed by atoms with E-state index >= 15 is 0 Å². The highest BCUT2D eigenvalue weighted by atomic mass is 16.4. The minimum Gasteiger partial charge on any atom is -0.550 e. The van der Waals surface area contributed by atoms with Gasteiger partial charge in [0.25, 0.3) is 0 Å². The van der Waals surface area contributed by atoms with Gasteiger partial charge < -0.3 is 15.2 Å². The molecule has 22 heavy (non-hydrogen) atoms. The van der Waals surface area contributed by atoms with E-state index in [1.54, 1.807) is 0 Å².